The van der Waals surface area contributed by atoms with Crippen LogP contribution < -0.4 is 10.6 Å². The van der Waals surface area contributed by atoms with Crippen LogP contribution in [-0.4, -0.2) is 33.5 Å². The van der Waals surface area contributed by atoms with Crippen molar-refractivity contribution in [2.24, 2.45) is 10.8 Å². The van der Waals surface area contributed by atoms with Gasteiger partial charge >= 0.3 is 47.5 Å². The summed E-state index contributed by atoms with van der Waals surface area (Å²) in [5.74, 6) is 0. The SMILES string of the molecule is CC(C)(C)CC(C)(C)NC(=O)O.CC(C)(C)CC(C)(C)NC(=O)O.[Cl][Pt+2][Cl].[NH2-].[NH2-]. The van der Waals surface area contributed by atoms with Crippen molar-refractivity contribution in [2.45, 2.75) is 93.2 Å². The van der Waals surface area contributed by atoms with E-state index < -0.39 is 28.7 Å². The maximum absolute atomic E-state index is 10.4. The number of carbonyl (C=O) groups is 2. The monoisotopic (exact) mass is 643 g/mol. The number of carboxylic acid groups (broad SMARTS) is 2. The van der Waals surface area contributed by atoms with Crippen LogP contribution in [-0.2, 0) is 16.5 Å². The average Bonchev–Trinajstić information content (AvgIpc) is 2.17. The summed E-state index contributed by atoms with van der Waals surface area (Å²) in [6.07, 6.45) is -0.257. The van der Waals surface area contributed by atoms with Gasteiger partial charge in [0.25, 0.3) is 0 Å². The number of amides is 2. The van der Waals surface area contributed by atoms with Gasteiger partial charge in [-0.2, -0.15) is 0 Å². The molecule has 0 unspecified atom stereocenters. The van der Waals surface area contributed by atoms with E-state index in [2.05, 4.69) is 52.2 Å². The Morgan fingerprint density at radius 1 is 0.690 bits per heavy atom. The Labute approximate surface area is 193 Å². The standard InChI is InChI=1S/2C9H19NO2.2ClH.2H2N.Pt/c2*1-8(2,3)6-9(4,5)10-7(11)12;;;;;/h2*10H,6H2,1-5H3,(H,11,12);2*1H;2*1H2;/q;;;;2*-1;+4/p-2. The van der Waals surface area contributed by atoms with Gasteiger partial charge in [0.15, 0.2) is 0 Å². The molecule has 8 nitrogen and oxygen atoms in total. The first-order chi connectivity index (χ1) is 11.7. The van der Waals surface area contributed by atoms with E-state index in [1.54, 1.807) is 0 Å². The second-order valence-corrected chi connectivity index (χ2v) is 13.4. The van der Waals surface area contributed by atoms with E-state index in [4.69, 9.17) is 29.0 Å². The molecule has 29 heavy (non-hydrogen) atoms. The average molecular weight is 645 g/mol. The molecule has 11 heteroatoms. The molecule has 0 aromatic rings. The molecular formula is C18H42Cl2N4O4Pt. The largest absolute Gasteiger partial charge is 0.693 e. The summed E-state index contributed by atoms with van der Waals surface area (Å²) >= 11 is -0.472. The van der Waals surface area contributed by atoms with E-state index in [-0.39, 0.29) is 34.2 Å². The van der Waals surface area contributed by atoms with E-state index in [9.17, 15) is 9.59 Å². The summed E-state index contributed by atoms with van der Waals surface area (Å²) in [5, 5.41) is 22.1. The van der Waals surface area contributed by atoms with Crippen LogP contribution in [0.2, 0.25) is 0 Å². The molecule has 0 heterocycles. The Balaban J connectivity index is -0.000000110. The Kier molecular flexibility index (Phi) is 22.2. The van der Waals surface area contributed by atoms with Crippen LogP contribution >= 0.6 is 18.8 Å². The summed E-state index contributed by atoms with van der Waals surface area (Å²) in [4.78, 5) is 20.8. The third kappa shape index (κ3) is 38.9. The molecule has 0 saturated heterocycles. The Morgan fingerprint density at radius 3 is 0.966 bits per heavy atom. The van der Waals surface area contributed by atoms with Crippen molar-refractivity contribution in [3.8, 4) is 0 Å². The van der Waals surface area contributed by atoms with Crippen LogP contribution in [0.15, 0.2) is 0 Å². The van der Waals surface area contributed by atoms with Crippen molar-refractivity contribution in [1.82, 2.24) is 10.6 Å². The van der Waals surface area contributed by atoms with Gasteiger partial charge in [-0.05, 0) is 51.4 Å². The van der Waals surface area contributed by atoms with Gasteiger partial charge in [-0.25, -0.2) is 9.59 Å². The van der Waals surface area contributed by atoms with Crippen LogP contribution in [0.3, 0.4) is 0 Å². The van der Waals surface area contributed by atoms with E-state index in [1.807, 2.05) is 27.7 Å². The molecule has 8 N–H and O–H groups in total. The zero-order chi connectivity index (χ0) is 22.7. The predicted octanol–water partition coefficient (Wildman–Crippen LogP) is 7.75. The Hall–Kier alpha value is -0.272. The predicted molar refractivity (Wildman–Crippen MR) is 121 cm³/mol. The third-order valence-electron chi connectivity index (χ3n) is 2.84. The molecule has 0 aromatic carbocycles. The molecule has 0 fully saturated rings. The van der Waals surface area contributed by atoms with Crippen LogP contribution in [0.25, 0.3) is 12.3 Å². The van der Waals surface area contributed by atoms with Gasteiger partial charge in [-0.3, -0.25) is 0 Å². The summed E-state index contributed by atoms with van der Waals surface area (Å²) in [6.45, 7) is 20.2. The second kappa shape index (κ2) is 16.4. The number of hydrogen-bond acceptors (Lipinski definition) is 2. The molecule has 2 amide bonds. The van der Waals surface area contributed by atoms with Gasteiger partial charge in [-0.1, -0.05) is 41.5 Å². The van der Waals surface area contributed by atoms with Crippen molar-refractivity contribution < 1.29 is 36.3 Å². The molecule has 0 spiro atoms. The molecule has 0 bridgehead atoms. The normalized spacial score (nSPS) is 11.3. The molecule has 0 aliphatic rings. The smallest absolute Gasteiger partial charge is 0.693 e. The summed E-state index contributed by atoms with van der Waals surface area (Å²) in [6, 6.07) is 0. The van der Waals surface area contributed by atoms with Crippen LogP contribution in [0.1, 0.15) is 82.1 Å². The summed E-state index contributed by atoms with van der Waals surface area (Å²) < 4.78 is 0. The first-order valence-electron chi connectivity index (χ1n) is 8.51. The minimum absolute atomic E-state index is 0. The maximum atomic E-state index is 10.4. The molecule has 0 atom stereocenters. The van der Waals surface area contributed by atoms with Gasteiger partial charge in [0, 0.05) is 11.1 Å². The van der Waals surface area contributed by atoms with Crippen LogP contribution in [0.5, 0.6) is 0 Å². The molecule has 0 saturated carbocycles. The van der Waals surface area contributed by atoms with E-state index >= 15 is 0 Å². The van der Waals surface area contributed by atoms with Crippen molar-refractivity contribution in [2.75, 3.05) is 0 Å². The number of halogens is 2. The topological polar surface area (TPSA) is 166 Å². The number of rotatable bonds is 4. The van der Waals surface area contributed by atoms with Crippen molar-refractivity contribution >= 4 is 31.0 Å². The molecule has 0 rings (SSSR count). The molecule has 0 aliphatic heterocycles. The van der Waals surface area contributed by atoms with Gasteiger partial charge in [0.1, 0.15) is 0 Å². The van der Waals surface area contributed by atoms with E-state index in [1.165, 1.54) is 0 Å². The van der Waals surface area contributed by atoms with Crippen LogP contribution in [0.4, 0.5) is 9.59 Å². The fourth-order valence-corrected chi connectivity index (χ4v) is 3.32. The minimum atomic E-state index is -0.954. The molecule has 0 radical (unpaired) electrons. The molecule has 0 aliphatic carbocycles. The summed E-state index contributed by atoms with van der Waals surface area (Å²) in [5.41, 5.74) is -0.397. The molecule has 182 valence electrons. The van der Waals surface area contributed by atoms with Gasteiger partial charge in [0.2, 0.25) is 0 Å². The summed E-state index contributed by atoms with van der Waals surface area (Å²) in [7, 11) is 9.75. The zero-order valence-electron chi connectivity index (χ0n) is 19.4. The molecular weight excluding hydrogens is 602 g/mol. The fourth-order valence-electron chi connectivity index (χ4n) is 3.32. The van der Waals surface area contributed by atoms with E-state index in [0.29, 0.717) is 0 Å². The fraction of sp³-hybridized carbons (Fsp3) is 0.889. The second-order valence-electron chi connectivity index (χ2n) is 10.1. The Bertz CT molecular complexity index is 412. The number of nitrogens with one attached hydrogen (secondary N) is 2. The van der Waals surface area contributed by atoms with Gasteiger partial charge in [0.05, 0.1) is 0 Å². The van der Waals surface area contributed by atoms with Gasteiger partial charge < -0.3 is 33.1 Å². The quantitative estimate of drug-likeness (QED) is 0.246. The first-order valence-corrected chi connectivity index (χ1v) is 14.1. The Morgan fingerprint density at radius 2 is 0.862 bits per heavy atom. The third-order valence-corrected chi connectivity index (χ3v) is 2.84. The molecule has 0 aromatic heterocycles. The zero-order valence-corrected chi connectivity index (χ0v) is 23.1. The first kappa shape index (κ1) is 39.2. The van der Waals surface area contributed by atoms with E-state index in [0.717, 1.165) is 12.8 Å². The van der Waals surface area contributed by atoms with Crippen molar-refractivity contribution in [3.63, 3.8) is 0 Å². The minimum Gasteiger partial charge on any atom is -0.693 e. The number of hydrogen-bond donors (Lipinski definition) is 4. The van der Waals surface area contributed by atoms with Crippen molar-refractivity contribution in [3.05, 3.63) is 12.3 Å². The maximum Gasteiger partial charge on any atom is -0.693 e. The van der Waals surface area contributed by atoms with Gasteiger partial charge in [-0.15, -0.1) is 0 Å². The van der Waals surface area contributed by atoms with Crippen LogP contribution in [0, 0.1) is 10.8 Å². The van der Waals surface area contributed by atoms with Crippen molar-refractivity contribution in [1.29, 1.82) is 0 Å². The number of nitrogens with two attached hydrogens (primary N) is 2.